The highest BCUT2D eigenvalue weighted by molar-refractivity contribution is 6.01. The largest absolute Gasteiger partial charge is 0.494 e. The molecule has 0 atom stereocenters. The average Bonchev–Trinajstić information content (AvgIpc) is 2.95. The van der Waals surface area contributed by atoms with Crippen molar-refractivity contribution in [3.8, 4) is 5.75 Å². The van der Waals surface area contributed by atoms with Crippen LogP contribution in [0.15, 0.2) is 30.6 Å². The zero-order chi connectivity index (χ0) is 14.1. The second kappa shape index (κ2) is 4.80. The first-order valence-electron chi connectivity index (χ1n) is 6.22. The summed E-state index contributed by atoms with van der Waals surface area (Å²) in [5.74, 6) is 0.267. The molecule has 0 N–H and O–H groups in total. The lowest BCUT2D eigenvalue weighted by atomic mass is 10.1. The third-order valence-corrected chi connectivity index (χ3v) is 3.05. The third-order valence-electron chi connectivity index (χ3n) is 3.05. The summed E-state index contributed by atoms with van der Waals surface area (Å²) < 4.78 is 12.0. The van der Waals surface area contributed by atoms with Crippen molar-refractivity contribution in [2.24, 2.45) is 0 Å². The number of hydrogen-bond acceptors (Lipinski definition) is 5. The van der Waals surface area contributed by atoms with Crippen molar-refractivity contribution in [1.29, 1.82) is 0 Å². The van der Waals surface area contributed by atoms with Gasteiger partial charge in [0.15, 0.2) is 5.65 Å². The van der Waals surface area contributed by atoms with E-state index in [-0.39, 0.29) is 0 Å². The zero-order valence-corrected chi connectivity index (χ0v) is 11.2. The third kappa shape index (κ3) is 1.77. The van der Waals surface area contributed by atoms with E-state index < -0.39 is 5.97 Å². The first-order valence-corrected chi connectivity index (χ1v) is 6.22. The highest BCUT2D eigenvalue weighted by atomic mass is 16.5. The molecule has 0 aliphatic heterocycles. The van der Waals surface area contributed by atoms with Crippen LogP contribution in [0, 0.1) is 0 Å². The van der Waals surface area contributed by atoms with Gasteiger partial charge in [0.1, 0.15) is 23.2 Å². The van der Waals surface area contributed by atoms with Gasteiger partial charge >= 0.3 is 5.97 Å². The quantitative estimate of drug-likeness (QED) is 0.682. The lowest BCUT2D eigenvalue weighted by Crippen LogP contribution is -2.08. The van der Waals surface area contributed by atoms with Crippen LogP contribution in [-0.2, 0) is 4.74 Å². The lowest BCUT2D eigenvalue weighted by molar-refractivity contribution is 0.0528. The number of nitrogens with zero attached hydrogens (tertiary/aromatic N) is 3. The highest BCUT2D eigenvalue weighted by Gasteiger charge is 2.17. The SMILES string of the molecule is CCOC(=O)c1cc2cccc(OC)c2n2ncnc12. The van der Waals surface area contributed by atoms with Crippen LogP contribution in [0.1, 0.15) is 17.3 Å². The number of aromatic nitrogens is 3. The summed E-state index contributed by atoms with van der Waals surface area (Å²) in [4.78, 5) is 16.2. The topological polar surface area (TPSA) is 65.7 Å². The van der Waals surface area contributed by atoms with Crippen molar-refractivity contribution in [3.63, 3.8) is 0 Å². The minimum atomic E-state index is -0.407. The van der Waals surface area contributed by atoms with E-state index in [1.54, 1.807) is 24.6 Å². The Kier molecular flexibility index (Phi) is 2.98. The van der Waals surface area contributed by atoms with Crippen LogP contribution in [0.4, 0.5) is 0 Å². The Morgan fingerprint density at radius 1 is 1.40 bits per heavy atom. The fourth-order valence-electron chi connectivity index (χ4n) is 2.22. The molecule has 102 valence electrons. The van der Waals surface area contributed by atoms with E-state index >= 15 is 0 Å². The number of methoxy groups -OCH3 is 1. The maximum absolute atomic E-state index is 12.0. The summed E-state index contributed by atoms with van der Waals surface area (Å²) in [6.07, 6.45) is 1.41. The molecule has 0 radical (unpaired) electrons. The van der Waals surface area contributed by atoms with Gasteiger partial charge in [0.25, 0.3) is 0 Å². The summed E-state index contributed by atoms with van der Waals surface area (Å²) >= 11 is 0. The van der Waals surface area contributed by atoms with Gasteiger partial charge in [0.05, 0.1) is 13.7 Å². The van der Waals surface area contributed by atoms with Gasteiger partial charge in [-0.15, -0.1) is 0 Å². The Bertz CT molecular complexity index is 795. The number of pyridine rings is 1. The van der Waals surface area contributed by atoms with Gasteiger partial charge in [-0.25, -0.2) is 14.3 Å². The summed E-state index contributed by atoms with van der Waals surface area (Å²) in [7, 11) is 1.59. The van der Waals surface area contributed by atoms with E-state index in [0.29, 0.717) is 23.6 Å². The Labute approximate surface area is 114 Å². The molecule has 0 aliphatic carbocycles. The number of carbonyl (C=O) groups excluding carboxylic acids is 1. The molecule has 1 aromatic carbocycles. The minimum absolute atomic E-state index is 0.315. The molecule has 0 aliphatic rings. The first-order chi connectivity index (χ1) is 9.76. The number of para-hydroxylation sites is 1. The monoisotopic (exact) mass is 271 g/mol. The number of benzene rings is 1. The van der Waals surface area contributed by atoms with Crippen molar-refractivity contribution in [2.45, 2.75) is 6.92 Å². The van der Waals surface area contributed by atoms with Gasteiger partial charge in [-0.2, -0.15) is 5.10 Å². The summed E-state index contributed by atoms with van der Waals surface area (Å²) in [5.41, 5.74) is 1.63. The summed E-state index contributed by atoms with van der Waals surface area (Å²) in [6, 6.07) is 7.34. The standard InChI is InChI=1S/C14H13N3O3/c1-3-20-14(18)10-7-9-5-4-6-11(19-2)12(9)17-13(10)15-8-16-17/h4-8H,3H2,1-2H3. The number of ether oxygens (including phenoxy) is 2. The van der Waals surface area contributed by atoms with Crippen LogP contribution in [0.2, 0.25) is 0 Å². The van der Waals surface area contributed by atoms with Crippen LogP contribution in [0.3, 0.4) is 0 Å². The number of hydrogen-bond donors (Lipinski definition) is 0. The van der Waals surface area contributed by atoms with Crippen LogP contribution in [-0.4, -0.2) is 34.3 Å². The predicted molar refractivity (Wildman–Crippen MR) is 73.0 cm³/mol. The molecular weight excluding hydrogens is 258 g/mol. The molecule has 0 bridgehead atoms. The number of fused-ring (bicyclic) bond motifs is 3. The maximum Gasteiger partial charge on any atom is 0.342 e. The van der Waals surface area contributed by atoms with E-state index in [9.17, 15) is 4.79 Å². The Morgan fingerprint density at radius 3 is 3.00 bits per heavy atom. The molecule has 3 aromatic rings. The number of rotatable bonds is 3. The number of esters is 1. The molecular formula is C14H13N3O3. The summed E-state index contributed by atoms with van der Waals surface area (Å²) in [6.45, 7) is 2.08. The molecule has 6 heteroatoms. The van der Waals surface area contributed by atoms with E-state index in [4.69, 9.17) is 9.47 Å². The highest BCUT2D eigenvalue weighted by Crippen LogP contribution is 2.27. The molecule has 0 saturated carbocycles. The van der Waals surface area contributed by atoms with Crippen molar-refractivity contribution in [1.82, 2.24) is 14.6 Å². The second-order valence-electron chi connectivity index (χ2n) is 4.17. The number of carbonyl (C=O) groups is 1. The molecule has 0 spiro atoms. The molecule has 0 amide bonds. The Hall–Kier alpha value is -2.63. The van der Waals surface area contributed by atoms with Gasteiger partial charge < -0.3 is 9.47 Å². The van der Waals surface area contributed by atoms with Crippen LogP contribution < -0.4 is 4.74 Å². The molecule has 6 nitrogen and oxygen atoms in total. The molecule has 2 aromatic heterocycles. The zero-order valence-electron chi connectivity index (χ0n) is 11.2. The maximum atomic E-state index is 12.0. The predicted octanol–water partition coefficient (Wildman–Crippen LogP) is 2.07. The Morgan fingerprint density at radius 2 is 2.25 bits per heavy atom. The molecule has 20 heavy (non-hydrogen) atoms. The van der Waals surface area contributed by atoms with Crippen molar-refractivity contribution < 1.29 is 14.3 Å². The second-order valence-corrected chi connectivity index (χ2v) is 4.17. The van der Waals surface area contributed by atoms with E-state index in [0.717, 1.165) is 10.9 Å². The van der Waals surface area contributed by atoms with Crippen LogP contribution in [0.5, 0.6) is 5.75 Å². The molecule has 0 fully saturated rings. The molecule has 0 unspecified atom stereocenters. The van der Waals surface area contributed by atoms with Gasteiger partial charge in [-0.05, 0) is 19.1 Å². The van der Waals surface area contributed by atoms with Crippen molar-refractivity contribution in [3.05, 3.63) is 36.2 Å². The van der Waals surface area contributed by atoms with E-state index in [2.05, 4.69) is 10.1 Å². The summed E-state index contributed by atoms with van der Waals surface area (Å²) in [5, 5.41) is 5.01. The molecule has 3 rings (SSSR count). The van der Waals surface area contributed by atoms with Crippen LogP contribution in [0.25, 0.3) is 16.6 Å². The Balaban J connectivity index is 2.38. The fourth-order valence-corrected chi connectivity index (χ4v) is 2.22. The van der Waals surface area contributed by atoms with Gasteiger partial charge in [0, 0.05) is 5.39 Å². The first kappa shape index (κ1) is 12.4. The van der Waals surface area contributed by atoms with Gasteiger partial charge in [-0.1, -0.05) is 12.1 Å². The smallest absolute Gasteiger partial charge is 0.342 e. The molecule has 0 saturated heterocycles. The average molecular weight is 271 g/mol. The fraction of sp³-hybridized carbons (Fsp3) is 0.214. The lowest BCUT2D eigenvalue weighted by Gasteiger charge is -2.09. The van der Waals surface area contributed by atoms with E-state index in [1.165, 1.54) is 6.33 Å². The van der Waals surface area contributed by atoms with E-state index in [1.807, 2.05) is 18.2 Å². The van der Waals surface area contributed by atoms with Crippen molar-refractivity contribution >= 4 is 22.5 Å². The minimum Gasteiger partial charge on any atom is -0.494 e. The normalized spacial score (nSPS) is 10.9. The van der Waals surface area contributed by atoms with Gasteiger partial charge in [-0.3, -0.25) is 0 Å². The van der Waals surface area contributed by atoms with Crippen LogP contribution >= 0.6 is 0 Å². The van der Waals surface area contributed by atoms with Gasteiger partial charge in [0.2, 0.25) is 0 Å². The molecule has 2 heterocycles. The van der Waals surface area contributed by atoms with Crippen molar-refractivity contribution in [2.75, 3.05) is 13.7 Å².